The minimum Gasteiger partial charge on any atom is -0.870 e. The van der Waals surface area contributed by atoms with Crippen molar-refractivity contribution in [2.75, 3.05) is 0 Å². The zero-order valence-electron chi connectivity index (χ0n) is 3.93. The second-order valence-corrected chi connectivity index (χ2v) is 1.57. The quantitative estimate of drug-likeness (QED) is 0.431. The van der Waals surface area contributed by atoms with E-state index >= 15 is 0 Å². The topological polar surface area (TPSA) is 90.0 Å². The van der Waals surface area contributed by atoms with Crippen molar-refractivity contribution in [1.29, 1.82) is 0 Å². The predicted molar refractivity (Wildman–Crippen MR) is 28.2 cm³/mol. The van der Waals surface area contributed by atoms with Crippen LogP contribution in [-0.2, 0) is 0 Å². The first kappa shape index (κ1) is 32.8. The Balaban J connectivity index is -0.0000000133. The normalized spacial score (nSPS) is 6.67. The molecule has 0 aliphatic carbocycles. The number of alkyl halides is 4. The van der Waals surface area contributed by atoms with Crippen molar-refractivity contribution in [3.8, 4) is 0 Å². The van der Waals surface area contributed by atoms with Gasteiger partial charge in [0, 0.05) is 0 Å². The van der Waals surface area contributed by atoms with Crippen molar-refractivity contribution >= 4 is 40.6 Å². The van der Waals surface area contributed by atoms with E-state index in [4.69, 9.17) is 0 Å². The summed E-state index contributed by atoms with van der Waals surface area (Å²) in [7, 11) is 0. The smallest absolute Gasteiger partial charge is 0.870 e. The van der Waals surface area contributed by atoms with Gasteiger partial charge in [-0.3, -0.25) is 0 Å². The van der Waals surface area contributed by atoms with Gasteiger partial charge in [-0.05, 0) is 23.2 Å². The van der Waals surface area contributed by atoms with E-state index in [9.17, 15) is 8.78 Å². The second kappa shape index (κ2) is 11.6. The monoisotopic (exact) mass is 198 g/mol. The molecule has 0 fully saturated rings. The van der Waals surface area contributed by atoms with Gasteiger partial charge in [-0.15, -0.1) is 0 Å². The van der Waals surface area contributed by atoms with E-state index in [1.54, 1.807) is 0 Å². The maximum absolute atomic E-state index is 10.6. The van der Waals surface area contributed by atoms with E-state index in [0.29, 0.717) is 0 Å². The standard InChI is InChI=1S/CCl2F2.Al.3H2O/c2-1(3,4)5;;;;/h;;3*1H2/q;+3;;;/p-3. The fraction of sp³-hybridized carbons (Fsp3) is 1.00. The molecule has 0 aliphatic rings. The molecule has 0 amide bonds. The Labute approximate surface area is 71.0 Å². The van der Waals surface area contributed by atoms with Gasteiger partial charge in [0.05, 0.1) is 0 Å². The third-order valence-electron chi connectivity index (χ3n) is 0. The van der Waals surface area contributed by atoms with Gasteiger partial charge in [-0.25, -0.2) is 0 Å². The van der Waals surface area contributed by atoms with Crippen LogP contribution in [0.25, 0.3) is 0 Å². The molecule has 0 aromatic rings. The molecule has 3 nitrogen and oxygen atoms in total. The van der Waals surface area contributed by atoms with E-state index < -0.39 is 4.84 Å². The molecule has 3 N–H and O–H groups in total. The summed E-state index contributed by atoms with van der Waals surface area (Å²) < 4.78 is 21.1. The van der Waals surface area contributed by atoms with Gasteiger partial charge in [0.15, 0.2) is 0 Å². The van der Waals surface area contributed by atoms with Crippen molar-refractivity contribution in [3.63, 3.8) is 0 Å². The summed E-state index contributed by atoms with van der Waals surface area (Å²) in [4.78, 5) is -3.56. The van der Waals surface area contributed by atoms with Crippen LogP contribution in [0.2, 0.25) is 0 Å². The van der Waals surface area contributed by atoms with Crippen LogP contribution in [0.3, 0.4) is 0 Å². The summed E-state index contributed by atoms with van der Waals surface area (Å²) in [5.41, 5.74) is 0. The molecule has 0 bridgehead atoms. The molecule has 0 spiro atoms. The van der Waals surface area contributed by atoms with Crippen LogP contribution >= 0.6 is 23.2 Å². The molecule has 0 heterocycles. The summed E-state index contributed by atoms with van der Waals surface area (Å²) in [6, 6.07) is 0. The number of hydrogen-bond donors (Lipinski definition) is 0. The Hall–Kier alpha value is 0.852. The SMILES string of the molecule is FC(F)(Cl)Cl.[Al+3].[OH-].[OH-].[OH-]. The summed E-state index contributed by atoms with van der Waals surface area (Å²) >= 11 is 7.92. The summed E-state index contributed by atoms with van der Waals surface area (Å²) in [5.74, 6) is 0. The molecule has 0 aromatic carbocycles. The average molecular weight is 199 g/mol. The van der Waals surface area contributed by atoms with E-state index in [-0.39, 0.29) is 33.8 Å². The minimum absolute atomic E-state index is 0. The van der Waals surface area contributed by atoms with Gasteiger partial charge in [0.1, 0.15) is 0 Å². The Morgan fingerprint density at radius 1 is 0.889 bits per heavy atom. The molecule has 56 valence electrons. The fourth-order valence-corrected chi connectivity index (χ4v) is 0. The molecular weight excluding hydrogens is 196 g/mol. The molecule has 0 unspecified atom stereocenters. The molecule has 0 rings (SSSR count). The van der Waals surface area contributed by atoms with Gasteiger partial charge >= 0.3 is 22.2 Å². The first-order chi connectivity index (χ1) is 2.00. The van der Waals surface area contributed by atoms with E-state index in [0.717, 1.165) is 0 Å². The van der Waals surface area contributed by atoms with Crippen LogP contribution in [0.4, 0.5) is 8.78 Å². The Kier molecular flexibility index (Phi) is 42.4. The number of halogens is 4. The van der Waals surface area contributed by atoms with Gasteiger partial charge in [-0.1, -0.05) is 0 Å². The van der Waals surface area contributed by atoms with Crippen LogP contribution < -0.4 is 0 Å². The molecular formula is CH3AlCl2F2O3. The fourth-order valence-electron chi connectivity index (χ4n) is 0. The average Bonchev–Trinajstić information content (AvgIpc) is 0.722. The summed E-state index contributed by atoms with van der Waals surface area (Å²) in [6.07, 6.45) is 0. The number of rotatable bonds is 0. The van der Waals surface area contributed by atoms with Crippen LogP contribution in [-0.4, -0.2) is 38.6 Å². The second-order valence-electron chi connectivity index (χ2n) is 0.429. The third kappa shape index (κ3) is 572. The molecule has 0 aliphatic heterocycles. The van der Waals surface area contributed by atoms with E-state index in [2.05, 4.69) is 23.2 Å². The first-order valence-electron chi connectivity index (χ1n) is 0.756. The molecule has 0 saturated heterocycles. The zero-order valence-corrected chi connectivity index (χ0v) is 6.60. The maximum Gasteiger partial charge on any atom is 3.00 e. The molecule has 9 heavy (non-hydrogen) atoms. The molecule has 8 heteroatoms. The van der Waals surface area contributed by atoms with Gasteiger partial charge in [0.2, 0.25) is 0 Å². The number of hydrogen-bond acceptors (Lipinski definition) is 3. The largest absolute Gasteiger partial charge is 3.00 e. The third-order valence-corrected chi connectivity index (χ3v) is 0. The summed E-state index contributed by atoms with van der Waals surface area (Å²) in [5, 5.41) is 0. The minimum atomic E-state index is -3.56. The Morgan fingerprint density at radius 2 is 0.889 bits per heavy atom. The predicted octanol–water partition coefficient (Wildman–Crippen LogP) is 1.10. The van der Waals surface area contributed by atoms with Crippen molar-refractivity contribution in [2.45, 2.75) is 4.84 Å². The van der Waals surface area contributed by atoms with Crippen molar-refractivity contribution in [2.24, 2.45) is 0 Å². The van der Waals surface area contributed by atoms with Crippen LogP contribution in [0.1, 0.15) is 0 Å². The van der Waals surface area contributed by atoms with E-state index in [1.807, 2.05) is 0 Å². The molecule has 0 aromatic heterocycles. The molecule has 0 atom stereocenters. The van der Waals surface area contributed by atoms with E-state index in [1.165, 1.54) is 0 Å². The molecule has 0 radical (unpaired) electrons. The van der Waals surface area contributed by atoms with Gasteiger partial charge < -0.3 is 16.4 Å². The van der Waals surface area contributed by atoms with Crippen molar-refractivity contribution in [3.05, 3.63) is 0 Å². The Morgan fingerprint density at radius 3 is 0.889 bits per heavy atom. The maximum atomic E-state index is 10.6. The zero-order chi connectivity index (χ0) is 4.50. The van der Waals surface area contributed by atoms with Crippen LogP contribution in [0, 0.1) is 0 Å². The first-order valence-corrected chi connectivity index (χ1v) is 1.51. The molecule has 0 saturated carbocycles. The van der Waals surface area contributed by atoms with Crippen molar-refractivity contribution < 1.29 is 25.2 Å². The van der Waals surface area contributed by atoms with Gasteiger partial charge in [-0.2, -0.15) is 8.78 Å². The van der Waals surface area contributed by atoms with Gasteiger partial charge in [0.25, 0.3) is 0 Å². The Bertz CT molecular complexity index is 35.3. The summed E-state index contributed by atoms with van der Waals surface area (Å²) in [6.45, 7) is 0. The van der Waals surface area contributed by atoms with Crippen LogP contribution in [0.15, 0.2) is 0 Å². The van der Waals surface area contributed by atoms with Crippen LogP contribution in [0.5, 0.6) is 0 Å². The van der Waals surface area contributed by atoms with Crippen molar-refractivity contribution in [1.82, 2.24) is 0 Å².